The summed E-state index contributed by atoms with van der Waals surface area (Å²) in [6.07, 6.45) is 4.90. The molecule has 4 heteroatoms. The van der Waals surface area contributed by atoms with Crippen LogP contribution >= 0.6 is 11.3 Å². The fraction of sp³-hybridized carbons (Fsp3) is 0.462. The first-order valence-corrected chi connectivity index (χ1v) is 6.88. The molecule has 17 heavy (non-hydrogen) atoms. The molecule has 0 atom stereocenters. The molecule has 3 rings (SSSR count). The summed E-state index contributed by atoms with van der Waals surface area (Å²) >= 11 is 1.69. The first-order valence-electron chi connectivity index (χ1n) is 6.00. The van der Waals surface area contributed by atoms with Crippen molar-refractivity contribution in [2.45, 2.75) is 38.0 Å². The molecule has 1 saturated carbocycles. The zero-order chi connectivity index (χ0) is 11.9. The molecule has 2 aromatic heterocycles. The Balaban J connectivity index is 2.12. The van der Waals surface area contributed by atoms with Gasteiger partial charge < -0.3 is 10.3 Å². The summed E-state index contributed by atoms with van der Waals surface area (Å²) in [7, 11) is 0. The van der Waals surface area contributed by atoms with E-state index < -0.39 is 0 Å². The third-order valence-electron chi connectivity index (χ3n) is 3.76. The Bertz CT molecular complexity index is 510. The van der Waals surface area contributed by atoms with Crippen LogP contribution in [0.15, 0.2) is 22.0 Å². The van der Waals surface area contributed by atoms with Crippen molar-refractivity contribution in [2.24, 2.45) is 0 Å². The molecular weight excluding hydrogens is 232 g/mol. The summed E-state index contributed by atoms with van der Waals surface area (Å²) in [6, 6.07) is 4.11. The first-order chi connectivity index (χ1) is 8.21. The van der Waals surface area contributed by atoms with Gasteiger partial charge in [-0.05, 0) is 24.3 Å². The van der Waals surface area contributed by atoms with E-state index in [1.165, 1.54) is 25.7 Å². The Morgan fingerprint density at radius 1 is 1.41 bits per heavy atom. The van der Waals surface area contributed by atoms with E-state index >= 15 is 0 Å². The number of nitrogens with two attached hydrogens (primary N) is 1. The van der Waals surface area contributed by atoms with Gasteiger partial charge in [-0.2, -0.15) is 0 Å². The van der Waals surface area contributed by atoms with Crippen LogP contribution in [0.2, 0.25) is 0 Å². The van der Waals surface area contributed by atoms with Gasteiger partial charge in [0, 0.05) is 10.3 Å². The average Bonchev–Trinajstić information content (AvgIpc) is 2.97. The Morgan fingerprint density at radius 3 is 2.82 bits per heavy atom. The lowest BCUT2D eigenvalue weighted by Crippen LogP contribution is -2.18. The lowest BCUT2D eigenvalue weighted by atomic mass is 9.83. The van der Waals surface area contributed by atoms with Gasteiger partial charge in [-0.15, -0.1) is 11.3 Å². The molecule has 0 radical (unpaired) electrons. The van der Waals surface area contributed by atoms with Crippen LogP contribution in [0.4, 0.5) is 5.88 Å². The predicted octanol–water partition coefficient (Wildman–Crippen LogP) is 3.82. The fourth-order valence-corrected chi connectivity index (χ4v) is 3.54. The highest BCUT2D eigenvalue weighted by Gasteiger charge is 2.37. The number of rotatable bonds is 2. The molecule has 2 aromatic rings. The Labute approximate surface area is 105 Å². The molecule has 1 aliphatic rings. The van der Waals surface area contributed by atoms with E-state index in [1.54, 1.807) is 11.3 Å². The second-order valence-corrected chi connectivity index (χ2v) is 5.96. The zero-order valence-electron chi connectivity index (χ0n) is 9.90. The van der Waals surface area contributed by atoms with Gasteiger partial charge in [-0.3, -0.25) is 0 Å². The quantitative estimate of drug-likeness (QED) is 0.879. The largest absolute Gasteiger partial charge is 0.367 e. The standard InChI is InChI=1S/C13H16N2OS/c1-13(6-2-3-7-13)11-10(12(14)16-15-11)9-5-4-8-17-9/h4-5,8H,2-3,6-7,14H2,1H3. The van der Waals surface area contributed by atoms with Crippen LogP contribution in [0.25, 0.3) is 10.4 Å². The SMILES string of the molecule is CC1(c2noc(N)c2-c2cccs2)CCCC1. The molecule has 3 nitrogen and oxygen atoms in total. The van der Waals surface area contributed by atoms with Crippen molar-refractivity contribution in [1.29, 1.82) is 0 Å². The van der Waals surface area contributed by atoms with Crippen LogP contribution in [0, 0.1) is 0 Å². The Morgan fingerprint density at radius 2 is 2.18 bits per heavy atom. The van der Waals surface area contributed by atoms with Gasteiger partial charge in [0.15, 0.2) is 0 Å². The zero-order valence-corrected chi connectivity index (χ0v) is 10.7. The third-order valence-corrected chi connectivity index (χ3v) is 4.65. The summed E-state index contributed by atoms with van der Waals surface area (Å²) < 4.78 is 5.23. The van der Waals surface area contributed by atoms with E-state index in [0.717, 1.165) is 16.1 Å². The van der Waals surface area contributed by atoms with E-state index in [1.807, 2.05) is 6.07 Å². The molecule has 1 aliphatic carbocycles. The number of anilines is 1. The summed E-state index contributed by atoms with van der Waals surface area (Å²) in [6.45, 7) is 2.27. The van der Waals surface area contributed by atoms with Gasteiger partial charge in [0.1, 0.15) is 5.69 Å². The molecule has 2 heterocycles. The monoisotopic (exact) mass is 248 g/mol. The van der Waals surface area contributed by atoms with Crippen molar-refractivity contribution in [3.05, 3.63) is 23.2 Å². The van der Waals surface area contributed by atoms with Gasteiger partial charge in [-0.25, -0.2) is 0 Å². The number of nitrogens with zero attached hydrogens (tertiary/aromatic N) is 1. The normalized spacial score (nSPS) is 18.6. The van der Waals surface area contributed by atoms with Crippen molar-refractivity contribution in [3.63, 3.8) is 0 Å². The maximum Gasteiger partial charge on any atom is 0.231 e. The third kappa shape index (κ3) is 1.67. The Kier molecular flexibility index (Phi) is 2.47. The van der Waals surface area contributed by atoms with E-state index in [4.69, 9.17) is 10.3 Å². The van der Waals surface area contributed by atoms with E-state index in [9.17, 15) is 0 Å². The number of nitrogen functional groups attached to an aromatic ring is 1. The smallest absolute Gasteiger partial charge is 0.231 e. The summed E-state index contributed by atoms with van der Waals surface area (Å²) in [5.74, 6) is 0.454. The molecule has 0 saturated heterocycles. The fourth-order valence-electron chi connectivity index (χ4n) is 2.77. The van der Waals surface area contributed by atoms with Gasteiger partial charge in [0.2, 0.25) is 5.88 Å². The Hall–Kier alpha value is -1.29. The average molecular weight is 248 g/mol. The van der Waals surface area contributed by atoms with Crippen molar-refractivity contribution >= 4 is 17.2 Å². The van der Waals surface area contributed by atoms with Crippen LogP contribution in [-0.4, -0.2) is 5.16 Å². The molecule has 0 amide bonds. The van der Waals surface area contributed by atoms with Gasteiger partial charge in [0.25, 0.3) is 0 Å². The van der Waals surface area contributed by atoms with Crippen LogP contribution in [0.3, 0.4) is 0 Å². The molecular formula is C13H16N2OS. The summed E-state index contributed by atoms with van der Waals surface area (Å²) in [5, 5.41) is 6.29. The number of hydrogen-bond acceptors (Lipinski definition) is 4. The van der Waals surface area contributed by atoms with Crippen LogP contribution in [-0.2, 0) is 5.41 Å². The molecule has 2 N–H and O–H groups in total. The maximum atomic E-state index is 5.94. The first kappa shape index (κ1) is 10.8. The van der Waals surface area contributed by atoms with Crippen LogP contribution in [0.5, 0.6) is 0 Å². The molecule has 0 unspecified atom stereocenters. The van der Waals surface area contributed by atoms with Gasteiger partial charge in [0.05, 0.1) is 5.56 Å². The molecule has 0 spiro atoms. The van der Waals surface area contributed by atoms with Gasteiger partial charge >= 0.3 is 0 Å². The number of aromatic nitrogens is 1. The van der Waals surface area contributed by atoms with E-state index in [2.05, 4.69) is 23.5 Å². The van der Waals surface area contributed by atoms with Crippen molar-refractivity contribution in [1.82, 2.24) is 5.16 Å². The number of hydrogen-bond donors (Lipinski definition) is 1. The summed E-state index contributed by atoms with van der Waals surface area (Å²) in [4.78, 5) is 1.16. The van der Waals surface area contributed by atoms with Crippen molar-refractivity contribution in [2.75, 3.05) is 5.73 Å². The minimum absolute atomic E-state index is 0.139. The molecule has 0 bridgehead atoms. The predicted molar refractivity (Wildman–Crippen MR) is 70.0 cm³/mol. The summed E-state index contributed by atoms with van der Waals surface area (Å²) in [5.41, 5.74) is 8.14. The van der Waals surface area contributed by atoms with Crippen molar-refractivity contribution < 1.29 is 4.52 Å². The van der Waals surface area contributed by atoms with Gasteiger partial charge in [-0.1, -0.05) is 31.0 Å². The molecule has 1 fully saturated rings. The minimum Gasteiger partial charge on any atom is -0.367 e. The van der Waals surface area contributed by atoms with Crippen LogP contribution < -0.4 is 5.73 Å². The highest BCUT2D eigenvalue weighted by molar-refractivity contribution is 7.13. The molecule has 0 aromatic carbocycles. The number of thiophene rings is 1. The topological polar surface area (TPSA) is 52.0 Å². The minimum atomic E-state index is 0.139. The second kappa shape index (κ2) is 3.88. The van der Waals surface area contributed by atoms with Crippen LogP contribution in [0.1, 0.15) is 38.3 Å². The molecule has 0 aliphatic heterocycles. The van der Waals surface area contributed by atoms with Crippen molar-refractivity contribution in [3.8, 4) is 10.4 Å². The maximum absolute atomic E-state index is 5.94. The second-order valence-electron chi connectivity index (χ2n) is 5.02. The van der Waals surface area contributed by atoms with E-state index in [-0.39, 0.29) is 5.41 Å². The molecule has 90 valence electrons. The highest BCUT2D eigenvalue weighted by Crippen LogP contribution is 2.46. The highest BCUT2D eigenvalue weighted by atomic mass is 32.1. The van der Waals surface area contributed by atoms with E-state index in [0.29, 0.717) is 5.88 Å². The lowest BCUT2D eigenvalue weighted by molar-refractivity contribution is 0.386. The lowest BCUT2D eigenvalue weighted by Gasteiger charge is -2.21.